The summed E-state index contributed by atoms with van der Waals surface area (Å²) in [5, 5.41) is 3.39. The molecule has 1 N–H and O–H groups in total. The van der Waals surface area contributed by atoms with Crippen molar-refractivity contribution in [3.8, 4) is 0 Å². The van der Waals surface area contributed by atoms with Crippen LogP contribution in [0.25, 0.3) is 0 Å². The molecule has 1 aliphatic rings. The van der Waals surface area contributed by atoms with Gasteiger partial charge in [-0.2, -0.15) is 4.37 Å². The van der Waals surface area contributed by atoms with Gasteiger partial charge in [-0.1, -0.05) is 0 Å². The van der Waals surface area contributed by atoms with Gasteiger partial charge in [-0.05, 0) is 45.3 Å². The molecule has 1 fully saturated rings. The van der Waals surface area contributed by atoms with E-state index in [-0.39, 0.29) is 5.91 Å². The summed E-state index contributed by atoms with van der Waals surface area (Å²) in [7, 11) is 0. The number of ether oxygens (including phenoxy) is 2. The molecular formula is C14H21N3O4S. The van der Waals surface area contributed by atoms with Gasteiger partial charge in [-0.3, -0.25) is 9.69 Å². The summed E-state index contributed by atoms with van der Waals surface area (Å²) in [6.07, 6.45) is 0.688. The Bertz CT molecular complexity index is 527. The number of anilines is 1. The molecular weight excluding hydrogens is 306 g/mol. The van der Waals surface area contributed by atoms with E-state index in [1.165, 1.54) is 16.4 Å². The van der Waals surface area contributed by atoms with Crippen molar-refractivity contribution < 1.29 is 19.1 Å². The Morgan fingerprint density at radius 2 is 2.23 bits per heavy atom. The van der Waals surface area contributed by atoms with E-state index in [0.717, 1.165) is 0 Å². The average Bonchev–Trinajstić information content (AvgIpc) is 2.89. The number of nitrogens with zero attached hydrogens (tertiary/aromatic N) is 2. The third kappa shape index (κ3) is 4.17. The van der Waals surface area contributed by atoms with Crippen LogP contribution in [-0.2, 0) is 14.3 Å². The van der Waals surface area contributed by atoms with Crippen molar-refractivity contribution in [3.63, 3.8) is 0 Å². The molecule has 0 aromatic carbocycles. The van der Waals surface area contributed by atoms with Gasteiger partial charge in [0.1, 0.15) is 16.6 Å². The highest BCUT2D eigenvalue weighted by Crippen LogP contribution is 2.21. The van der Waals surface area contributed by atoms with Crippen LogP contribution in [0.1, 0.15) is 27.7 Å². The van der Waals surface area contributed by atoms with Gasteiger partial charge in [0, 0.05) is 12.7 Å². The topological polar surface area (TPSA) is 80.8 Å². The van der Waals surface area contributed by atoms with Crippen molar-refractivity contribution in [2.24, 2.45) is 0 Å². The standard InChI is InChI=1S/C14H21N3O4S/c1-9-11(12(18)16-10-5-6-15-22-10)17(7-8-20-9)13(19)21-14(2,3)4/h5-6,9,11H,7-8H2,1-4H3,(H,16,18)/t9-,11+/m1/s1. The number of aromatic nitrogens is 1. The SMILES string of the molecule is C[C@H]1OCCN(C(=O)OC(C)(C)C)[C@@H]1C(=O)Nc1ccns1. The normalized spacial score (nSPS) is 22.3. The zero-order chi connectivity index (χ0) is 16.3. The van der Waals surface area contributed by atoms with Crippen LogP contribution in [0.2, 0.25) is 0 Å². The van der Waals surface area contributed by atoms with Crippen molar-refractivity contribution in [1.82, 2.24) is 9.27 Å². The van der Waals surface area contributed by atoms with Crippen molar-refractivity contribution >= 4 is 28.5 Å². The molecule has 2 amide bonds. The molecule has 1 aromatic heterocycles. The van der Waals surface area contributed by atoms with E-state index < -0.39 is 23.8 Å². The Labute approximate surface area is 133 Å². The highest BCUT2D eigenvalue weighted by molar-refractivity contribution is 7.10. The molecule has 2 atom stereocenters. The van der Waals surface area contributed by atoms with Gasteiger partial charge in [0.05, 0.1) is 12.7 Å². The van der Waals surface area contributed by atoms with Gasteiger partial charge in [0.2, 0.25) is 0 Å². The van der Waals surface area contributed by atoms with Crippen LogP contribution in [-0.4, -0.2) is 52.2 Å². The third-order valence-electron chi connectivity index (χ3n) is 3.07. The van der Waals surface area contributed by atoms with E-state index in [4.69, 9.17) is 9.47 Å². The second-order valence-corrected chi connectivity index (χ2v) is 6.89. The Kier molecular flexibility index (Phi) is 5.02. The van der Waals surface area contributed by atoms with Crippen LogP contribution in [0, 0.1) is 0 Å². The Morgan fingerprint density at radius 1 is 1.50 bits per heavy atom. The fraction of sp³-hybridized carbons (Fsp3) is 0.643. The van der Waals surface area contributed by atoms with Crippen LogP contribution < -0.4 is 5.32 Å². The van der Waals surface area contributed by atoms with Crippen LogP contribution in [0.3, 0.4) is 0 Å². The Balaban J connectivity index is 2.12. The van der Waals surface area contributed by atoms with Gasteiger partial charge in [0.25, 0.3) is 5.91 Å². The lowest BCUT2D eigenvalue weighted by Crippen LogP contribution is -2.58. The zero-order valence-corrected chi connectivity index (χ0v) is 14.0. The van der Waals surface area contributed by atoms with Gasteiger partial charge in [0.15, 0.2) is 0 Å². The number of hydrogen-bond donors (Lipinski definition) is 1. The second kappa shape index (κ2) is 6.62. The van der Waals surface area contributed by atoms with E-state index in [9.17, 15) is 9.59 Å². The highest BCUT2D eigenvalue weighted by Gasteiger charge is 2.40. The lowest BCUT2D eigenvalue weighted by atomic mass is 10.1. The predicted molar refractivity (Wildman–Crippen MR) is 82.9 cm³/mol. The Morgan fingerprint density at radius 3 is 2.82 bits per heavy atom. The van der Waals surface area contributed by atoms with Crippen molar-refractivity contribution in [1.29, 1.82) is 0 Å². The maximum Gasteiger partial charge on any atom is 0.411 e. The molecule has 2 rings (SSSR count). The minimum absolute atomic E-state index is 0.303. The van der Waals surface area contributed by atoms with E-state index >= 15 is 0 Å². The van der Waals surface area contributed by atoms with E-state index in [1.54, 1.807) is 40.0 Å². The first-order valence-corrected chi connectivity index (χ1v) is 7.88. The number of rotatable bonds is 2. The molecule has 0 spiro atoms. The largest absolute Gasteiger partial charge is 0.444 e. The molecule has 22 heavy (non-hydrogen) atoms. The molecule has 0 aliphatic carbocycles. The minimum Gasteiger partial charge on any atom is -0.444 e. The molecule has 122 valence electrons. The van der Waals surface area contributed by atoms with Crippen LogP contribution in [0.5, 0.6) is 0 Å². The molecule has 1 saturated heterocycles. The molecule has 0 saturated carbocycles. The van der Waals surface area contributed by atoms with E-state index in [1.807, 2.05) is 0 Å². The Hall–Kier alpha value is -1.67. The first kappa shape index (κ1) is 16.7. The summed E-state index contributed by atoms with van der Waals surface area (Å²) in [5.74, 6) is -0.303. The van der Waals surface area contributed by atoms with Crippen molar-refractivity contribution in [3.05, 3.63) is 12.3 Å². The summed E-state index contributed by atoms with van der Waals surface area (Å²) in [6.45, 7) is 7.85. The summed E-state index contributed by atoms with van der Waals surface area (Å²) in [5.41, 5.74) is -0.614. The molecule has 7 nitrogen and oxygen atoms in total. The van der Waals surface area contributed by atoms with Crippen molar-refractivity contribution in [2.45, 2.75) is 45.4 Å². The molecule has 8 heteroatoms. The minimum atomic E-state index is -0.731. The molecule has 1 aromatic rings. The fourth-order valence-electron chi connectivity index (χ4n) is 2.18. The molecule has 0 radical (unpaired) electrons. The number of carbonyl (C=O) groups excluding carboxylic acids is 2. The first-order chi connectivity index (χ1) is 10.3. The lowest BCUT2D eigenvalue weighted by Gasteiger charge is -2.39. The second-order valence-electron chi connectivity index (χ2n) is 6.06. The molecule has 0 unspecified atom stereocenters. The third-order valence-corrected chi connectivity index (χ3v) is 3.74. The molecule has 0 bridgehead atoms. The highest BCUT2D eigenvalue weighted by atomic mass is 32.1. The maximum absolute atomic E-state index is 12.5. The summed E-state index contributed by atoms with van der Waals surface area (Å²) >= 11 is 1.18. The number of carbonyl (C=O) groups is 2. The lowest BCUT2D eigenvalue weighted by molar-refractivity contribution is -0.133. The quantitative estimate of drug-likeness (QED) is 0.900. The van der Waals surface area contributed by atoms with Gasteiger partial charge in [-0.15, -0.1) is 0 Å². The maximum atomic E-state index is 12.5. The number of nitrogens with one attached hydrogen (secondary N) is 1. The molecule has 2 heterocycles. The predicted octanol–water partition coefficient (Wildman–Crippen LogP) is 2.11. The van der Waals surface area contributed by atoms with Gasteiger partial charge < -0.3 is 14.8 Å². The number of morpholine rings is 1. The summed E-state index contributed by atoms with van der Waals surface area (Å²) in [6, 6.07) is 0.972. The smallest absolute Gasteiger partial charge is 0.411 e. The first-order valence-electron chi connectivity index (χ1n) is 7.11. The number of hydrogen-bond acceptors (Lipinski definition) is 6. The van der Waals surface area contributed by atoms with Gasteiger partial charge in [-0.25, -0.2) is 4.79 Å². The van der Waals surface area contributed by atoms with Crippen LogP contribution in [0.4, 0.5) is 9.80 Å². The average molecular weight is 327 g/mol. The monoisotopic (exact) mass is 327 g/mol. The van der Waals surface area contributed by atoms with Crippen LogP contribution >= 0.6 is 11.5 Å². The fourth-order valence-corrected chi connectivity index (χ4v) is 2.68. The van der Waals surface area contributed by atoms with Crippen molar-refractivity contribution in [2.75, 3.05) is 18.5 Å². The van der Waals surface area contributed by atoms with E-state index in [2.05, 4.69) is 9.69 Å². The molecule has 1 aliphatic heterocycles. The van der Waals surface area contributed by atoms with E-state index in [0.29, 0.717) is 18.2 Å². The summed E-state index contributed by atoms with van der Waals surface area (Å²) < 4.78 is 14.8. The van der Waals surface area contributed by atoms with Crippen LogP contribution in [0.15, 0.2) is 12.3 Å². The zero-order valence-electron chi connectivity index (χ0n) is 13.2. The number of amides is 2. The summed E-state index contributed by atoms with van der Waals surface area (Å²) in [4.78, 5) is 26.3. The van der Waals surface area contributed by atoms with Gasteiger partial charge >= 0.3 is 6.09 Å².